The van der Waals surface area contributed by atoms with E-state index in [1.54, 1.807) is 6.07 Å². The lowest BCUT2D eigenvalue weighted by Crippen LogP contribution is -2.21. The van der Waals surface area contributed by atoms with E-state index in [0.717, 1.165) is 12.1 Å². The molecule has 0 aromatic heterocycles. The minimum Gasteiger partial charge on any atom is -0.496 e. The molecule has 2 aromatic rings. The van der Waals surface area contributed by atoms with Gasteiger partial charge in [0.25, 0.3) is 11.6 Å². The zero-order chi connectivity index (χ0) is 22.3. The molecule has 11 heteroatoms. The molecule has 156 valence electrons. The van der Waals surface area contributed by atoms with E-state index in [9.17, 15) is 19.7 Å². The summed E-state index contributed by atoms with van der Waals surface area (Å²) in [6.07, 6.45) is 0. The number of carbonyl (C=O) groups is 2. The second-order valence-corrected chi connectivity index (χ2v) is 5.63. The van der Waals surface area contributed by atoms with Gasteiger partial charge in [-0.2, -0.15) is 5.26 Å². The van der Waals surface area contributed by atoms with Gasteiger partial charge in [-0.25, -0.2) is 4.79 Å². The van der Waals surface area contributed by atoms with E-state index in [0.29, 0.717) is 5.75 Å². The smallest absolute Gasteiger partial charge is 0.342 e. The summed E-state index contributed by atoms with van der Waals surface area (Å²) >= 11 is 0. The van der Waals surface area contributed by atoms with Gasteiger partial charge < -0.3 is 24.3 Å². The Kier molecular flexibility index (Phi) is 7.13. The zero-order valence-electron chi connectivity index (χ0n) is 16.3. The van der Waals surface area contributed by atoms with Gasteiger partial charge in [-0.3, -0.25) is 14.9 Å². The maximum Gasteiger partial charge on any atom is 0.342 e. The van der Waals surface area contributed by atoms with E-state index in [4.69, 9.17) is 24.2 Å². The van der Waals surface area contributed by atoms with Crippen LogP contribution in [0.15, 0.2) is 30.3 Å². The van der Waals surface area contributed by atoms with Crippen molar-refractivity contribution in [3.8, 4) is 23.3 Å². The van der Waals surface area contributed by atoms with Crippen LogP contribution in [0.25, 0.3) is 0 Å². The van der Waals surface area contributed by atoms with Crippen LogP contribution in [0.1, 0.15) is 15.9 Å². The van der Waals surface area contributed by atoms with Crippen LogP contribution < -0.4 is 19.5 Å². The first-order chi connectivity index (χ1) is 14.3. The number of methoxy groups -OCH3 is 3. The Morgan fingerprint density at radius 1 is 1.07 bits per heavy atom. The molecule has 1 N–H and O–H groups in total. The lowest BCUT2D eigenvalue weighted by atomic mass is 10.1. The summed E-state index contributed by atoms with van der Waals surface area (Å²) in [5.74, 6) is -0.842. The third-order valence-corrected chi connectivity index (χ3v) is 3.87. The van der Waals surface area contributed by atoms with Crippen LogP contribution in [-0.2, 0) is 9.53 Å². The minimum absolute atomic E-state index is 0.0102. The molecule has 2 aromatic carbocycles. The number of esters is 1. The second-order valence-electron chi connectivity index (χ2n) is 5.63. The molecule has 0 aliphatic rings. The summed E-state index contributed by atoms with van der Waals surface area (Å²) in [5.41, 5.74) is -0.342. The molecule has 0 aliphatic heterocycles. The van der Waals surface area contributed by atoms with Crippen molar-refractivity contribution >= 4 is 23.3 Å². The monoisotopic (exact) mass is 415 g/mol. The minimum atomic E-state index is -0.854. The maximum atomic E-state index is 12.4. The van der Waals surface area contributed by atoms with Crippen molar-refractivity contribution in [1.82, 2.24) is 0 Å². The standard InChI is InChI=1S/C19H17N3O8/c1-27-15-8-17(29-3)16(28-2)7-13(15)19(24)30-10-18(23)21-14-5-4-12(22(25)26)6-11(14)9-20/h4-8H,10H2,1-3H3,(H,21,23). The van der Waals surface area contributed by atoms with Crippen LogP contribution in [0.2, 0.25) is 0 Å². The third-order valence-electron chi connectivity index (χ3n) is 3.87. The number of nitro groups is 1. The first kappa shape index (κ1) is 22.0. The maximum absolute atomic E-state index is 12.4. The molecule has 0 radical (unpaired) electrons. The Morgan fingerprint density at radius 2 is 1.70 bits per heavy atom. The summed E-state index contributed by atoms with van der Waals surface area (Å²) in [5, 5.41) is 22.3. The number of rotatable bonds is 8. The number of amides is 1. The Morgan fingerprint density at radius 3 is 2.27 bits per heavy atom. The van der Waals surface area contributed by atoms with Gasteiger partial charge >= 0.3 is 5.97 Å². The highest BCUT2D eigenvalue weighted by molar-refractivity contribution is 5.98. The van der Waals surface area contributed by atoms with Crippen molar-refractivity contribution in [2.24, 2.45) is 0 Å². The van der Waals surface area contributed by atoms with Crippen LogP contribution >= 0.6 is 0 Å². The average Bonchev–Trinajstić information content (AvgIpc) is 2.76. The van der Waals surface area contributed by atoms with Gasteiger partial charge in [0.05, 0.1) is 37.5 Å². The molecule has 0 spiro atoms. The van der Waals surface area contributed by atoms with Crippen LogP contribution in [0, 0.1) is 21.4 Å². The van der Waals surface area contributed by atoms with E-state index < -0.39 is 23.4 Å². The molecule has 0 saturated carbocycles. The number of nitriles is 1. The van der Waals surface area contributed by atoms with Crippen LogP contribution in [0.5, 0.6) is 17.2 Å². The highest BCUT2D eigenvalue weighted by Crippen LogP contribution is 2.35. The third kappa shape index (κ3) is 4.93. The lowest BCUT2D eigenvalue weighted by molar-refractivity contribution is -0.384. The summed E-state index contributed by atoms with van der Waals surface area (Å²) in [6, 6.07) is 7.92. The number of nitrogens with zero attached hydrogens (tertiary/aromatic N) is 2. The summed E-state index contributed by atoms with van der Waals surface area (Å²) < 4.78 is 20.4. The predicted molar refractivity (Wildman–Crippen MR) is 103 cm³/mol. The Balaban J connectivity index is 2.11. The molecule has 0 aliphatic carbocycles. The number of hydrogen-bond acceptors (Lipinski definition) is 9. The number of benzene rings is 2. The number of carbonyl (C=O) groups excluding carboxylic acids is 2. The van der Waals surface area contributed by atoms with E-state index >= 15 is 0 Å². The van der Waals surface area contributed by atoms with Gasteiger partial charge in [-0.1, -0.05) is 0 Å². The molecule has 30 heavy (non-hydrogen) atoms. The Labute approximate surface area is 170 Å². The topological polar surface area (TPSA) is 150 Å². The molecule has 0 bridgehead atoms. The summed E-state index contributed by atoms with van der Waals surface area (Å²) in [6.45, 7) is -0.668. The normalized spacial score (nSPS) is 9.80. The van der Waals surface area contributed by atoms with Gasteiger partial charge in [0.2, 0.25) is 0 Å². The van der Waals surface area contributed by atoms with Crippen molar-refractivity contribution in [3.05, 3.63) is 51.6 Å². The lowest BCUT2D eigenvalue weighted by Gasteiger charge is -2.13. The molecule has 0 unspecified atom stereocenters. The fraction of sp³-hybridized carbons (Fsp3) is 0.211. The Bertz CT molecular complexity index is 1030. The number of hydrogen-bond donors (Lipinski definition) is 1. The van der Waals surface area contributed by atoms with E-state index in [1.165, 1.54) is 39.5 Å². The van der Waals surface area contributed by atoms with E-state index in [2.05, 4.69) is 5.32 Å². The van der Waals surface area contributed by atoms with Gasteiger partial charge in [-0.05, 0) is 6.07 Å². The number of ether oxygens (including phenoxy) is 4. The molecule has 0 fully saturated rings. The summed E-state index contributed by atoms with van der Waals surface area (Å²) in [4.78, 5) is 34.6. The summed E-state index contributed by atoms with van der Waals surface area (Å²) in [7, 11) is 4.17. The first-order valence-electron chi connectivity index (χ1n) is 8.30. The number of nitrogens with one attached hydrogen (secondary N) is 1. The molecule has 11 nitrogen and oxygen atoms in total. The van der Waals surface area contributed by atoms with Crippen LogP contribution in [0.4, 0.5) is 11.4 Å². The highest BCUT2D eigenvalue weighted by Gasteiger charge is 2.20. The van der Waals surface area contributed by atoms with Gasteiger partial charge in [0.15, 0.2) is 18.1 Å². The fourth-order valence-electron chi connectivity index (χ4n) is 2.43. The number of nitro benzene ring substituents is 1. The molecular weight excluding hydrogens is 398 g/mol. The predicted octanol–water partition coefficient (Wildman–Crippen LogP) is 2.29. The molecular formula is C19H17N3O8. The Hall–Kier alpha value is -4.33. The number of non-ortho nitro benzene ring substituents is 1. The van der Waals surface area contributed by atoms with E-state index in [1.807, 2.05) is 0 Å². The molecule has 0 atom stereocenters. The largest absolute Gasteiger partial charge is 0.496 e. The van der Waals surface area contributed by atoms with Crippen molar-refractivity contribution < 1.29 is 33.5 Å². The average molecular weight is 415 g/mol. The van der Waals surface area contributed by atoms with Crippen molar-refractivity contribution in [2.45, 2.75) is 0 Å². The second kappa shape index (κ2) is 9.74. The van der Waals surface area contributed by atoms with Gasteiger partial charge in [0, 0.05) is 24.3 Å². The fourth-order valence-corrected chi connectivity index (χ4v) is 2.43. The van der Waals surface area contributed by atoms with Crippen LogP contribution in [0.3, 0.4) is 0 Å². The first-order valence-corrected chi connectivity index (χ1v) is 8.30. The molecule has 1 amide bonds. The van der Waals surface area contributed by atoms with Crippen LogP contribution in [-0.4, -0.2) is 44.7 Å². The number of anilines is 1. The van der Waals surface area contributed by atoms with Crippen molar-refractivity contribution in [3.63, 3.8) is 0 Å². The molecule has 0 saturated heterocycles. The van der Waals surface area contributed by atoms with Gasteiger partial charge in [0.1, 0.15) is 17.4 Å². The van der Waals surface area contributed by atoms with E-state index in [-0.39, 0.29) is 34.0 Å². The quantitative estimate of drug-likeness (QED) is 0.389. The zero-order valence-corrected chi connectivity index (χ0v) is 16.3. The van der Waals surface area contributed by atoms with Crippen molar-refractivity contribution in [1.29, 1.82) is 5.26 Å². The van der Waals surface area contributed by atoms with Gasteiger partial charge in [-0.15, -0.1) is 0 Å². The molecule has 2 rings (SSSR count). The molecule has 0 heterocycles. The van der Waals surface area contributed by atoms with Crippen molar-refractivity contribution in [2.75, 3.05) is 33.3 Å². The SMILES string of the molecule is COc1cc(OC)c(C(=O)OCC(=O)Nc2ccc([N+](=O)[O-])cc2C#N)cc1OC. The highest BCUT2D eigenvalue weighted by atomic mass is 16.6.